The Balaban J connectivity index is 2.60. The van der Waals surface area contributed by atoms with E-state index >= 15 is 0 Å². The first-order valence-corrected chi connectivity index (χ1v) is 5.78. The quantitative estimate of drug-likeness (QED) is 0.710. The predicted octanol–water partition coefficient (Wildman–Crippen LogP) is 0.809. The van der Waals surface area contributed by atoms with E-state index in [0.29, 0.717) is 23.7 Å². The minimum Gasteiger partial charge on any atom is -0.395 e. The van der Waals surface area contributed by atoms with Crippen LogP contribution in [0.25, 0.3) is 0 Å². The van der Waals surface area contributed by atoms with Crippen LogP contribution in [-0.2, 0) is 0 Å². The Morgan fingerprint density at radius 1 is 1.12 bits per heavy atom. The number of hydrogen-bond donors (Lipinski definition) is 2. The Morgan fingerprint density at radius 3 is 2.12 bits per heavy atom. The average molecular weight is 258 g/mol. The maximum absolute atomic E-state index is 11.9. The Labute approximate surface area is 105 Å². The van der Waals surface area contributed by atoms with E-state index in [-0.39, 0.29) is 25.5 Å². The van der Waals surface area contributed by atoms with Gasteiger partial charge in [0.15, 0.2) is 5.78 Å². The van der Waals surface area contributed by atoms with Crippen molar-refractivity contribution in [2.75, 3.05) is 32.8 Å². The minimum absolute atomic E-state index is 0.0338. The summed E-state index contributed by atoms with van der Waals surface area (Å²) in [6.45, 7) is 0.865. The van der Waals surface area contributed by atoms with E-state index in [1.54, 1.807) is 29.2 Å². The number of carbonyl (C=O) groups excluding carboxylic acids is 1. The second kappa shape index (κ2) is 7.40. The van der Waals surface area contributed by atoms with Crippen molar-refractivity contribution in [3.63, 3.8) is 0 Å². The van der Waals surface area contributed by atoms with Crippen molar-refractivity contribution in [3.8, 4) is 0 Å². The van der Waals surface area contributed by atoms with Crippen molar-refractivity contribution in [1.82, 2.24) is 4.90 Å². The lowest BCUT2D eigenvalue weighted by molar-refractivity contribution is 0.0894. The molecule has 0 aliphatic rings. The second-order valence-corrected chi connectivity index (χ2v) is 4.09. The van der Waals surface area contributed by atoms with E-state index < -0.39 is 0 Å². The average Bonchev–Trinajstić information content (AvgIpc) is 2.30. The van der Waals surface area contributed by atoms with Gasteiger partial charge in [-0.05, 0) is 24.3 Å². The molecule has 0 radical (unpaired) electrons. The molecular weight excluding hydrogens is 242 g/mol. The Kier molecular flexibility index (Phi) is 6.15. The van der Waals surface area contributed by atoms with Crippen molar-refractivity contribution >= 4 is 17.4 Å². The molecule has 94 valence electrons. The molecule has 1 rings (SSSR count). The first-order chi connectivity index (χ1) is 8.17. The van der Waals surface area contributed by atoms with Crippen LogP contribution in [0.4, 0.5) is 0 Å². The highest BCUT2D eigenvalue weighted by atomic mass is 35.5. The first-order valence-electron chi connectivity index (χ1n) is 5.40. The van der Waals surface area contributed by atoms with E-state index in [0.717, 1.165) is 0 Å². The van der Waals surface area contributed by atoms with Crippen LogP contribution in [0, 0.1) is 0 Å². The summed E-state index contributed by atoms with van der Waals surface area (Å²) in [6.07, 6.45) is 0. The van der Waals surface area contributed by atoms with Gasteiger partial charge < -0.3 is 10.2 Å². The van der Waals surface area contributed by atoms with Crippen LogP contribution in [0.1, 0.15) is 10.4 Å². The van der Waals surface area contributed by atoms with Gasteiger partial charge in [-0.2, -0.15) is 0 Å². The topological polar surface area (TPSA) is 60.8 Å². The maximum Gasteiger partial charge on any atom is 0.176 e. The molecule has 0 aliphatic heterocycles. The summed E-state index contributed by atoms with van der Waals surface area (Å²) >= 11 is 5.73. The van der Waals surface area contributed by atoms with Crippen molar-refractivity contribution in [2.45, 2.75) is 0 Å². The fraction of sp³-hybridized carbons (Fsp3) is 0.417. The Bertz CT molecular complexity index is 347. The van der Waals surface area contributed by atoms with Crippen LogP contribution in [0.15, 0.2) is 24.3 Å². The van der Waals surface area contributed by atoms with Crippen molar-refractivity contribution < 1.29 is 15.0 Å². The van der Waals surface area contributed by atoms with E-state index in [4.69, 9.17) is 21.8 Å². The molecule has 0 saturated heterocycles. The van der Waals surface area contributed by atoms with Gasteiger partial charge in [-0.25, -0.2) is 0 Å². The number of aliphatic hydroxyl groups is 2. The molecule has 0 spiro atoms. The van der Waals surface area contributed by atoms with Gasteiger partial charge in [0.25, 0.3) is 0 Å². The standard InChI is InChI=1S/C12H16ClNO3/c13-11-3-1-10(2-4-11)12(17)9-14(5-7-15)6-8-16/h1-4,15-16H,5-9H2. The fourth-order valence-electron chi connectivity index (χ4n) is 1.48. The van der Waals surface area contributed by atoms with Crippen molar-refractivity contribution in [2.24, 2.45) is 0 Å². The van der Waals surface area contributed by atoms with Crippen LogP contribution >= 0.6 is 11.6 Å². The van der Waals surface area contributed by atoms with Crippen molar-refractivity contribution in [3.05, 3.63) is 34.9 Å². The lowest BCUT2D eigenvalue weighted by Crippen LogP contribution is -2.34. The highest BCUT2D eigenvalue weighted by Gasteiger charge is 2.11. The summed E-state index contributed by atoms with van der Waals surface area (Å²) in [5.41, 5.74) is 0.579. The lowest BCUT2D eigenvalue weighted by atomic mass is 10.1. The summed E-state index contributed by atoms with van der Waals surface area (Å²) < 4.78 is 0. The third-order valence-corrected chi connectivity index (χ3v) is 2.62. The molecule has 0 aliphatic carbocycles. The Hall–Kier alpha value is -0.940. The number of Topliss-reactive ketones (excluding diaryl/α,β-unsaturated/α-hetero) is 1. The monoisotopic (exact) mass is 257 g/mol. The highest BCUT2D eigenvalue weighted by molar-refractivity contribution is 6.30. The van der Waals surface area contributed by atoms with Gasteiger partial charge in [-0.15, -0.1) is 0 Å². The number of benzene rings is 1. The molecule has 0 amide bonds. The summed E-state index contributed by atoms with van der Waals surface area (Å²) in [4.78, 5) is 13.6. The molecule has 0 fully saturated rings. The summed E-state index contributed by atoms with van der Waals surface area (Å²) in [6, 6.07) is 6.66. The Morgan fingerprint density at radius 2 is 1.65 bits per heavy atom. The number of aliphatic hydroxyl groups excluding tert-OH is 2. The smallest absolute Gasteiger partial charge is 0.176 e. The lowest BCUT2D eigenvalue weighted by Gasteiger charge is -2.18. The number of carbonyl (C=O) groups is 1. The molecule has 1 aromatic rings. The molecule has 5 heteroatoms. The molecule has 0 heterocycles. The van der Waals surface area contributed by atoms with Gasteiger partial charge in [0.2, 0.25) is 0 Å². The molecule has 0 atom stereocenters. The minimum atomic E-state index is -0.0523. The van der Waals surface area contributed by atoms with Crippen LogP contribution in [0.2, 0.25) is 5.02 Å². The summed E-state index contributed by atoms with van der Waals surface area (Å²) in [5, 5.41) is 18.2. The number of halogens is 1. The molecule has 0 saturated carbocycles. The van der Waals surface area contributed by atoms with E-state index in [2.05, 4.69) is 0 Å². The van der Waals surface area contributed by atoms with Gasteiger partial charge in [0.05, 0.1) is 19.8 Å². The van der Waals surface area contributed by atoms with Gasteiger partial charge in [0.1, 0.15) is 0 Å². The fourth-order valence-corrected chi connectivity index (χ4v) is 1.61. The van der Waals surface area contributed by atoms with Crippen molar-refractivity contribution in [1.29, 1.82) is 0 Å². The van der Waals surface area contributed by atoms with Crippen LogP contribution in [-0.4, -0.2) is 53.7 Å². The maximum atomic E-state index is 11.9. The van der Waals surface area contributed by atoms with Gasteiger partial charge >= 0.3 is 0 Å². The zero-order chi connectivity index (χ0) is 12.7. The first kappa shape index (κ1) is 14.1. The van der Waals surface area contributed by atoms with E-state index in [1.807, 2.05) is 0 Å². The zero-order valence-corrected chi connectivity index (χ0v) is 10.2. The van der Waals surface area contributed by atoms with E-state index in [1.165, 1.54) is 0 Å². The second-order valence-electron chi connectivity index (χ2n) is 3.65. The molecule has 1 aromatic carbocycles. The third kappa shape index (κ3) is 4.83. The molecule has 0 aromatic heterocycles. The number of ketones is 1. The SMILES string of the molecule is O=C(CN(CCO)CCO)c1ccc(Cl)cc1. The van der Waals surface area contributed by atoms with Gasteiger partial charge in [-0.3, -0.25) is 9.69 Å². The third-order valence-electron chi connectivity index (χ3n) is 2.37. The largest absolute Gasteiger partial charge is 0.395 e. The zero-order valence-electron chi connectivity index (χ0n) is 9.47. The molecule has 0 bridgehead atoms. The molecule has 0 unspecified atom stereocenters. The molecule has 2 N–H and O–H groups in total. The highest BCUT2D eigenvalue weighted by Crippen LogP contribution is 2.10. The van der Waals surface area contributed by atoms with Crippen LogP contribution in [0.5, 0.6) is 0 Å². The number of rotatable bonds is 7. The normalized spacial score (nSPS) is 10.8. The van der Waals surface area contributed by atoms with Gasteiger partial charge in [0, 0.05) is 23.7 Å². The van der Waals surface area contributed by atoms with Gasteiger partial charge in [-0.1, -0.05) is 11.6 Å². The summed E-state index contributed by atoms with van der Waals surface area (Å²) in [5.74, 6) is -0.0523. The molecule has 4 nitrogen and oxygen atoms in total. The van der Waals surface area contributed by atoms with Crippen LogP contribution < -0.4 is 0 Å². The summed E-state index contributed by atoms with van der Waals surface area (Å²) in [7, 11) is 0. The predicted molar refractivity (Wildman–Crippen MR) is 66.4 cm³/mol. The number of nitrogens with zero attached hydrogens (tertiary/aromatic N) is 1. The van der Waals surface area contributed by atoms with E-state index in [9.17, 15) is 4.79 Å². The number of hydrogen-bond acceptors (Lipinski definition) is 4. The van der Waals surface area contributed by atoms with Crippen LogP contribution in [0.3, 0.4) is 0 Å². The molecule has 17 heavy (non-hydrogen) atoms. The molecular formula is C12H16ClNO3.